The van der Waals surface area contributed by atoms with Crippen LogP contribution >= 0.6 is 0 Å². The SMILES string of the molecule is CCNC(=O)c1cccc(NS(=O)(=O)c2cccc(C(=O)O)c2)c1. The van der Waals surface area contributed by atoms with Crippen LogP contribution in [0.25, 0.3) is 0 Å². The van der Waals surface area contributed by atoms with Crippen molar-refractivity contribution >= 4 is 27.6 Å². The van der Waals surface area contributed by atoms with E-state index in [2.05, 4.69) is 10.0 Å². The van der Waals surface area contributed by atoms with Crippen LogP contribution in [0.1, 0.15) is 27.6 Å². The molecule has 7 nitrogen and oxygen atoms in total. The van der Waals surface area contributed by atoms with Crippen molar-refractivity contribution < 1.29 is 23.1 Å². The lowest BCUT2D eigenvalue weighted by atomic mass is 10.2. The van der Waals surface area contributed by atoms with Gasteiger partial charge in [-0.25, -0.2) is 13.2 Å². The fourth-order valence-corrected chi connectivity index (χ4v) is 3.09. The number of carbonyl (C=O) groups excluding carboxylic acids is 1. The van der Waals surface area contributed by atoms with Crippen LogP contribution in [-0.2, 0) is 10.0 Å². The fraction of sp³-hybridized carbons (Fsp3) is 0.125. The Morgan fingerprint density at radius 1 is 1.04 bits per heavy atom. The number of carboxylic acid groups (broad SMARTS) is 1. The van der Waals surface area contributed by atoms with Gasteiger partial charge in [-0.2, -0.15) is 0 Å². The zero-order chi connectivity index (χ0) is 17.7. The third kappa shape index (κ3) is 4.11. The summed E-state index contributed by atoms with van der Waals surface area (Å²) in [5.74, 6) is -1.53. The predicted molar refractivity (Wildman–Crippen MR) is 88.7 cm³/mol. The molecule has 0 aliphatic heterocycles. The van der Waals surface area contributed by atoms with Crippen LogP contribution in [-0.4, -0.2) is 31.9 Å². The minimum atomic E-state index is -3.97. The maximum Gasteiger partial charge on any atom is 0.335 e. The van der Waals surface area contributed by atoms with Crippen molar-refractivity contribution in [2.75, 3.05) is 11.3 Å². The molecule has 0 fully saturated rings. The summed E-state index contributed by atoms with van der Waals surface area (Å²) in [6, 6.07) is 11.0. The Hall–Kier alpha value is -2.87. The normalized spacial score (nSPS) is 10.9. The molecule has 0 aromatic heterocycles. The Bertz CT molecular complexity index is 878. The molecule has 8 heteroatoms. The van der Waals surface area contributed by atoms with Gasteiger partial charge in [0.2, 0.25) is 0 Å². The van der Waals surface area contributed by atoms with Gasteiger partial charge >= 0.3 is 5.97 Å². The third-order valence-electron chi connectivity index (χ3n) is 3.11. The largest absolute Gasteiger partial charge is 0.478 e. The molecular formula is C16H16N2O5S. The van der Waals surface area contributed by atoms with Gasteiger partial charge in [-0.1, -0.05) is 12.1 Å². The second-order valence-electron chi connectivity index (χ2n) is 4.88. The predicted octanol–water partition coefficient (Wildman–Crippen LogP) is 1.94. The Balaban J connectivity index is 2.29. The van der Waals surface area contributed by atoms with Crippen molar-refractivity contribution in [3.8, 4) is 0 Å². The standard InChI is InChI=1S/C16H16N2O5S/c1-2-17-15(19)11-5-3-7-13(9-11)18-24(22,23)14-8-4-6-12(10-14)16(20)21/h3-10,18H,2H2,1H3,(H,17,19)(H,20,21). The molecule has 126 valence electrons. The summed E-state index contributed by atoms with van der Waals surface area (Å²) in [6.45, 7) is 2.23. The Morgan fingerprint density at radius 3 is 2.38 bits per heavy atom. The highest BCUT2D eigenvalue weighted by molar-refractivity contribution is 7.92. The van der Waals surface area contributed by atoms with E-state index in [0.29, 0.717) is 12.1 Å². The minimum Gasteiger partial charge on any atom is -0.478 e. The number of hydrogen-bond donors (Lipinski definition) is 3. The van der Waals surface area contributed by atoms with Gasteiger partial charge in [0.05, 0.1) is 10.5 Å². The number of benzene rings is 2. The van der Waals surface area contributed by atoms with Gasteiger partial charge in [0, 0.05) is 17.8 Å². The number of aromatic carboxylic acids is 1. The van der Waals surface area contributed by atoms with Crippen LogP contribution in [0.15, 0.2) is 53.4 Å². The number of carbonyl (C=O) groups is 2. The van der Waals surface area contributed by atoms with Crippen LogP contribution in [0.5, 0.6) is 0 Å². The third-order valence-corrected chi connectivity index (χ3v) is 4.48. The molecule has 0 unspecified atom stereocenters. The quantitative estimate of drug-likeness (QED) is 0.738. The molecule has 0 saturated heterocycles. The van der Waals surface area contributed by atoms with E-state index in [4.69, 9.17) is 5.11 Å². The number of sulfonamides is 1. The molecule has 0 saturated carbocycles. The monoisotopic (exact) mass is 348 g/mol. The number of carboxylic acids is 1. The second kappa shape index (κ2) is 7.14. The van der Waals surface area contributed by atoms with E-state index in [0.717, 1.165) is 6.07 Å². The van der Waals surface area contributed by atoms with Crippen LogP contribution < -0.4 is 10.0 Å². The van der Waals surface area contributed by atoms with Crippen molar-refractivity contribution in [2.24, 2.45) is 0 Å². The van der Waals surface area contributed by atoms with Gasteiger partial charge < -0.3 is 10.4 Å². The molecular weight excluding hydrogens is 332 g/mol. The second-order valence-corrected chi connectivity index (χ2v) is 6.56. The van der Waals surface area contributed by atoms with Gasteiger partial charge in [0.25, 0.3) is 15.9 Å². The van der Waals surface area contributed by atoms with Crippen LogP contribution in [0.4, 0.5) is 5.69 Å². The average Bonchev–Trinajstić information content (AvgIpc) is 2.55. The highest BCUT2D eigenvalue weighted by atomic mass is 32.2. The number of nitrogens with one attached hydrogen (secondary N) is 2. The van der Waals surface area contributed by atoms with Crippen LogP contribution in [0, 0.1) is 0 Å². The van der Waals surface area contributed by atoms with Gasteiger partial charge in [-0.05, 0) is 43.3 Å². The van der Waals surface area contributed by atoms with Gasteiger partial charge in [0.1, 0.15) is 0 Å². The van der Waals surface area contributed by atoms with Crippen LogP contribution in [0.2, 0.25) is 0 Å². The first-order chi connectivity index (χ1) is 11.3. The smallest absolute Gasteiger partial charge is 0.335 e. The number of amides is 1. The van der Waals surface area contributed by atoms with E-state index < -0.39 is 16.0 Å². The van der Waals surface area contributed by atoms with E-state index >= 15 is 0 Å². The van der Waals surface area contributed by atoms with E-state index in [1.807, 2.05) is 0 Å². The Labute approximate surface area is 139 Å². The first kappa shape index (κ1) is 17.5. The molecule has 2 rings (SSSR count). The van der Waals surface area contributed by atoms with Crippen molar-refractivity contribution in [2.45, 2.75) is 11.8 Å². The number of hydrogen-bond acceptors (Lipinski definition) is 4. The highest BCUT2D eigenvalue weighted by Gasteiger charge is 2.17. The maximum absolute atomic E-state index is 12.4. The molecule has 2 aromatic rings. The van der Waals surface area contributed by atoms with Gasteiger partial charge in [-0.3, -0.25) is 9.52 Å². The van der Waals surface area contributed by atoms with Crippen molar-refractivity contribution in [1.29, 1.82) is 0 Å². The summed E-state index contributed by atoms with van der Waals surface area (Å²) in [5.41, 5.74) is 0.393. The first-order valence-corrected chi connectivity index (χ1v) is 8.56. The Morgan fingerprint density at radius 2 is 1.71 bits per heavy atom. The molecule has 0 heterocycles. The van der Waals surface area contributed by atoms with E-state index in [1.165, 1.54) is 30.3 Å². The summed E-state index contributed by atoms with van der Waals surface area (Å²) in [6.07, 6.45) is 0. The summed E-state index contributed by atoms with van der Waals surface area (Å²) in [7, 11) is -3.97. The minimum absolute atomic E-state index is 0.131. The van der Waals surface area contributed by atoms with Crippen LogP contribution in [0.3, 0.4) is 0 Å². The van der Waals surface area contributed by atoms with Gasteiger partial charge in [0.15, 0.2) is 0 Å². The zero-order valence-electron chi connectivity index (χ0n) is 12.8. The molecule has 1 amide bonds. The summed E-state index contributed by atoms with van der Waals surface area (Å²) < 4.78 is 27.1. The molecule has 0 aliphatic rings. The molecule has 0 atom stereocenters. The molecule has 3 N–H and O–H groups in total. The molecule has 0 radical (unpaired) electrons. The molecule has 2 aromatic carbocycles. The lowest BCUT2D eigenvalue weighted by molar-refractivity contribution is 0.0696. The van der Waals surface area contributed by atoms with Crippen molar-refractivity contribution in [3.05, 3.63) is 59.7 Å². The molecule has 0 bridgehead atoms. The number of anilines is 1. The van der Waals surface area contributed by atoms with Gasteiger partial charge in [-0.15, -0.1) is 0 Å². The lowest BCUT2D eigenvalue weighted by Gasteiger charge is -2.10. The lowest BCUT2D eigenvalue weighted by Crippen LogP contribution is -2.22. The summed E-state index contributed by atoms with van der Waals surface area (Å²) in [4.78, 5) is 22.6. The zero-order valence-corrected chi connectivity index (χ0v) is 13.6. The fourth-order valence-electron chi connectivity index (χ4n) is 2.00. The molecule has 0 spiro atoms. The maximum atomic E-state index is 12.4. The molecule has 0 aliphatic carbocycles. The Kier molecular flexibility index (Phi) is 5.20. The summed E-state index contributed by atoms with van der Waals surface area (Å²) in [5, 5.41) is 11.6. The highest BCUT2D eigenvalue weighted by Crippen LogP contribution is 2.18. The summed E-state index contributed by atoms with van der Waals surface area (Å²) >= 11 is 0. The topological polar surface area (TPSA) is 113 Å². The number of rotatable bonds is 6. The first-order valence-electron chi connectivity index (χ1n) is 7.08. The molecule has 24 heavy (non-hydrogen) atoms. The average molecular weight is 348 g/mol. The van der Waals surface area contributed by atoms with E-state index in [1.54, 1.807) is 19.1 Å². The van der Waals surface area contributed by atoms with E-state index in [-0.39, 0.29) is 22.1 Å². The van der Waals surface area contributed by atoms with E-state index in [9.17, 15) is 18.0 Å². The van der Waals surface area contributed by atoms with Crippen molar-refractivity contribution in [3.63, 3.8) is 0 Å². The van der Waals surface area contributed by atoms with Crippen molar-refractivity contribution in [1.82, 2.24) is 5.32 Å².